The van der Waals surface area contributed by atoms with Crippen LogP contribution in [0.1, 0.15) is 24.5 Å². The average molecular weight is 243 g/mol. The van der Waals surface area contributed by atoms with Crippen LogP contribution in [0.3, 0.4) is 0 Å². The van der Waals surface area contributed by atoms with Crippen molar-refractivity contribution in [3.63, 3.8) is 0 Å². The van der Waals surface area contributed by atoms with Crippen molar-refractivity contribution in [2.24, 2.45) is 0 Å². The molecule has 0 bridgehead atoms. The number of fused-ring (bicyclic) bond motifs is 1. The number of aromatic nitrogens is 1. The molecule has 92 valence electrons. The average Bonchev–Trinajstić information content (AvgIpc) is 3.20. The summed E-state index contributed by atoms with van der Waals surface area (Å²) in [5.74, 6) is 1.06. The Hall–Kier alpha value is -1.59. The molecular formula is C13H14BNO3. The van der Waals surface area contributed by atoms with Crippen LogP contribution in [0, 0.1) is 0 Å². The van der Waals surface area contributed by atoms with Crippen LogP contribution in [0.15, 0.2) is 24.3 Å². The fourth-order valence-corrected chi connectivity index (χ4v) is 2.17. The lowest BCUT2D eigenvalue weighted by atomic mass is 9.79. The van der Waals surface area contributed by atoms with Gasteiger partial charge < -0.3 is 14.8 Å². The van der Waals surface area contributed by atoms with E-state index in [1.807, 2.05) is 12.1 Å². The Morgan fingerprint density at radius 3 is 2.67 bits per heavy atom. The van der Waals surface area contributed by atoms with Crippen LogP contribution in [0.2, 0.25) is 0 Å². The van der Waals surface area contributed by atoms with Crippen LogP contribution < -0.4 is 10.2 Å². The van der Waals surface area contributed by atoms with E-state index in [9.17, 15) is 10.0 Å². The minimum atomic E-state index is -1.53. The Kier molecular flexibility index (Phi) is 2.72. The summed E-state index contributed by atoms with van der Waals surface area (Å²) in [5, 5.41) is 19.5. The number of benzene rings is 1. The summed E-state index contributed by atoms with van der Waals surface area (Å²) in [6.07, 6.45) is 2.42. The van der Waals surface area contributed by atoms with Crippen LogP contribution >= 0.6 is 0 Å². The van der Waals surface area contributed by atoms with Gasteiger partial charge in [-0.1, -0.05) is 6.07 Å². The predicted molar refractivity (Wildman–Crippen MR) is 70.1 cm³/mol. The van der Waals surface area contributed by atoms with Gasteiger partial charge in [-0.2, -0.15) is 0 Å². The number of nitrogens with zero attached hydrogens (tertiary/aromatic N) is 1. The van der Waals surface area contributed by atoms with Crippen molar-refractivity contribution in [1.29, 1.82) is 0 Å². The molecule has 2 N–H and O–H groups in total. The lowest BCUT2D eigenvalue weighted by Gasteiger charge is -2.10. The number of ether oxygens (including phenoxy) is 1. The van der Waals surface area contributed by atoms with Gasteiger partial charge in [0.05, 0.1) is 12.6 Å². The van der Waals surface area contributed by atoms with E-state index in [2.05, 4.69) is 4.98 Å². The highest BCUT2D eigenvalue weighted by Gasteiger charge is 2.25. The number of methoxy groups -OCH3 is 1. The van der Waals surface area contributed by atoms with Crippen molar-refractivity contribution >= 4 is 23.5 Å². The summed E-state index contributed by atoms with van der Waals surface area (Å²) in [4.78, 5) is 4.60. The maximum Gasteiger partial charge on any atom is 0.492 e. The van der Waals surface area contributed by atoms with Crippen molar-refractivity contribution < 1.29 is 14.8 Å². The quantitative estimate of drug-likeness (QED) is 0.782. The molecule has 0 aliphatic heterocycles. The molecule has 1 aliphatic rings. The maximum absolute atomic E-state index is 9.30. The monoisotopic (exact) mass is 243 g/mol. The third-order valence-electron chi connectivity index (χ3n) is 3.34. The second-order valence-corrected chi connectivity index (χ2v) is 4.67. The molecule has 0 amide bonds. The zero-order valence-corrected chi connectivity index (χ0v) is 10.1. The second kappa shape index (κ2) is 4.26. The molecule has 1 aromatic carbocycles. The second-order valence-electron chi connectivity index (χ2n) is 4.67. The zero-order valence-electron chi connectivity index (χ0n) is 10.1. The van der Waals surface area contributed by atoms with Gasteiger partial charge >= 0.3 is 7.12 Å². The van der Waals surface area contributed by atoms with Crippen molar-refractivity contribution in [1.82, 2.24) is 4.98 Å². The van der Waals surface area contributed by atoms with E-state index >= 15 is 0 Å². The molecule has 1 aliphatic carbocycles. The van der Waals surface area contributed by atoms with Gasteiger partial charge in [-0.25, -0.2) is 0 Å². The molecule has 18 heavy (non-hydrogen) atoms. The first-order valence-electron chi connectivity index (χ1n) is 6.04. The molecule has 0 radical (unpaired) electrons. The van der Waals surface area contributed by atoms with Crippen molar-refractivity contribution in [3.8, 4) is 5.75 Å². The first kappa shape index (κ1) is 11.5. The zero-order chi connectivity index (χ0) is 12.7. The summed E-state index contributed by atoms with van der Waals surface area (Å²) < 4.78 is 5.17. The highest BCUT2D eigenvalue weighted by atomic mass is 16.5. The van der Waals surface area contributed by atoms with E-state index in [1.165, 1.54) is 20.0 Å². The standard InChI is InChI=1S/C13H14BNO3/c1-18-13-7-12-9(6-10(13)14(16)17)4-5-11(15-12)8-2-3-8/h4-8,16-17H,2-3H2,1H3. The van der Waals surface area contributed by atoms with Crippen LogP contribution in [-0.2, 0) is 0 Å². The summed E-state index contributed by atoms with van der Waals surface area (Å²) in [7, 11) is -0.0231. The van der Waals surface area contributed by atoms with Crippen LogP contribution in [0.25, 0.3) is 10.9 Å². The Labute approximate surface area is 105 Å². The molecule has 5 heteroatoms. The summed E-state index contributed by atoms with van der Waals surface area (Å²) in [5.41, 5.74) is 2.31. The Bertz CT molecular complexity index is 596. The molecule has 1 saturated carbocycles. The molecule has 0 unspecified atom stereocenters. The SMILES string of the molecule is COc1cc2nc(C3CC3)ccc2cc1B(O)O. The van der Waals surface area contributed by atoms with E-state index in [0.717, 1.165) is 16.6 Å². The van der Waals surface area contributed by atoms with E-state index in [-0.39, 0.29) is 0 Å². The molecule has 0 atom stereocenters. The molecule has 0 spiro atoms. The van der Waals surface area contributed by atoms with Crippen LogP contribution in [-0.4, -0.2) is 29.3 Å². The van der Waals surface area contributed by atoms with E-state index in [4.69, 9.17) is 4.74 Å². The molecule has 0 saturated heterocycles. The molecule has 1 fully saturated rings. The summed E-state index contributed by atoms with van der Waals surface area (Å²) in [6, 6.07) is 7.46. The van der Waals surface area contributed by atoms with Crippen molar-refractivity contribution in [2.75, 3.05) is 7.11 Å². The van der Waals surface area contributed by atoms with Gasteiger partial charge in [-0.05, 0) is 25.0 Å². The first-order valence-corrected chi connectivity index (χ1v) is 6.04. The largest absolute Gasteiger partial charge is 0.497 e. The van der Waals surface area contributed by atoms with Gasteiger partial charge in [0.15, 0.2) is 0 Å². The highest BCUT2D eigenvalue weighted by Crippen LogP contribution is 2.39. The lowest BCUT2D eigenvalue weighted by Crippen LogP contribution is -2.31. The van der Waals surface area contributed by atoms with Gasteiger partial charge in [-0.15, -0.1) is 0 Å². The number of pyridine rings is 1. The predicted octanol–water partition coefficient (Wildman–Crippen LogP) is 0.801. The van der Waals surface area contributed by atoms with E-state index in [1.54, 1.807) is 12.1 Å². The molecule has 1 aromatic heterocycles. The van der Waals surface area contributed by atoms with Crippen molar-refractivity contribution in [2.45, 2.75) is 18.8 Å². The minimum absolute atomic E-state index is 0.367. The van der Waals surface area contributed by atoms with Gasteiger partial charge in [0.1, 0.15) is 5.75 Å². The fourth-order valence-electron chi connectivity index (χ4n) is 2.17. The van der Waals surface area contributed by atoms with E-state index in [0.29, 0.717) is 17.1 Å². The van der Waals surface area contributed by atoms with Crippen LogP contribution in [0.4, 0.5) is 0 Å². The third kappa shape index (κ3) is 1.96. The van der Waals surface area contributed by atoms with Gasteiger partial charge in [0, 0.05) is 28.5 Å². The van der Waals surface area contributed by atoms with Crippen molar-refractivity contribution in [3.05, 3.63) is 30.0 Å². The van der Waals surface area contributed by atoms with Gasteiger partial charge in [-0.3, -0.25) is 4.98 Å². The third-order valence-corrected chi connectivity index (χ3v) is 3.34. The smallest absolute Gasteiger partial charge is 0.492 e. The first-order chi connectivity index (χ1) is 8.69. The Balaban J connectivity index is 2.15. The Morgan fingerprint density at radius 2 is 2.06 bits per heavy atom. The number of hydrogen-bond acceptors (Lipinski definition) is 4. The normalized spacial score (nSPS) is 14.8. The minimum Gasteiger partial charge on any atom is -0.497 e. The Morgan fingerprint density at radius 1 is 1.28 bits per heavy atom. The number of rotatable bonds is 3. The topological polar surface area (TPSA) is 62.6 Å². The molecule has 1 heterocycles. The van der Waals surface area contributed by atoms with E-state index < -0.39 is 7.12 Å². The highest BCUT2D eigenvalue weighted by molar-refractivity contribution is 6.60. The van der Waals surface area contributed by atoms with Gasteiger partial charge in [0.25, 0.3) is 0 Å². The molecule has 3 rings (SSSR count). The van der Waals surface area contributed by atoms with Crippen LogP contribution in [0.5, 0.6) is 5.75 Å². The van der Waals surface area contributed by atoms with Gasteiger partial charge in [0.2, 0.25) is 0 Å². The summed E-state index contributed by atoms with van der Waals surface area (Å²) >= 11 is 0. The maximum atomic E-state index is 9.30. The fraction of sp³-hybridized carbons (Fsp3) is 0.308. The number of hydrogen-bond donors (Lipinski definition) is 2. The summed E-state index contributed by atoms with van der Waals surface area (Å²) in [6.45, 7) is 0. The lowest BCUT2D eigenvalue weighted by molar-refractivity contribution is 0.403. The molecule has 2 aromatic rings. The molecule has 4 nitrogen and oxygen atoms in total. The molecular weight excluding hydrogens is 229 g/mol.